The standard InChI is InChI=1S/C24H21ClN2O3/c1-15-11-20-22(12-16(15)2)30-24(27-20)13-17-7-9-18(10-8-17)26-23(28)14-29-21-6-4-3-5-19(21)25/h3-12H,13-14H2,1-2H3,(H,26,28). The van der Waals surface area contributed by atoms with Crippen molar-refractivity contribution in [1.82, 2.24) is 4.98 Å². The number of nitrogens with one attached hydrogen (secondary N) is 1. The molecule has 0 radical (unpaired) electrons. The Hall–Kier alpha value is -3.31. The second kappa shape index (κ2) is 8.59. The first-order valence-electron chi connectivity index (χ1n) is 9.61. The summed E-state index contributed by atoms with van der Waals surface area (Å²) in [6.07, 6.45) is 0.580. The van der Waals surface area contributed by atoms with Gasteiger partial charge in [0.25, 0.3) is 5.91 Å². The third kappa shape index (κ3) is 4.63. The van der Waals surface area contributed by atoms with Gasteiger partial charge < -0.3 is 14.5 Å². The molecule has 0 aliphatic heterocycles. The van der Waals surface area contributed by atoms with Crippen molar-refractivity contribution in [3.05, 3.63) is 88.3 Å². The number of rotatable bonds is 6. The third-order valence-corrected chi connectivity index (χ3v) is 5.15. The summed E-state index contributed by atoms with van der Waals surface area (Å²) in [6, 6.07) is 18.7. The minimum Gasteiger partial charge on any atom is -0.482 e. The summed E-state index contributed by atoms with van der Waals surface area (Å²) in [5, 5.41) is 3.28. The van der Waals surface area contributed by atoms with Gasteiger partial charge in [-0.15, -0.1) is 0 Å². The van der Waals surface area contributed by atoms with Crippen LogP contribution in [0.1, 0.15) is 22.6 Å². The van der Waals surface area contributed by atoms with E-state index in [4.69, 9.17) is 20.8 Å². The van der Waals surface area contributed by atoms with Crippen molar-refractivity contribution >= 4 is 34.3 Å². The van der Waals surface area contributed by atoms with Gasteiger partial charge in [-0.2, -0.15) is 0 Å². The molecular weight excluding hydrogens is 400 g/mol. The second-order valence-corrected chi connectivity index (χ2v) is 7.56. The van der Waals surface area contributed by atoms with Gasteiger partial charge in [-0.05, 0) is 66.9 Å². The lowest BCUT2D eigenvalue weighted by atomic mass is 10.1. The van der Waals surface area contributed by atoms with Crippen LogP contribution in [0.4, 0.5) is 5.69 Å². The first-order chi connectivity index (χ1) is 14.5. The van der Waals surface area contributed by atoms with E-state index in [2.05, 4.69) is 24.1 Å². The number of fused-ring (bicyclic) bond motifs is 1. The Bertz CT molecular complexity index is 1160. The van der Waals surface area contributed by atoms with Crippen molar-refractivity contribution in [2.24, 2.45) is 0 Å². The molecule has 1 heterocycles. The number of ether oxygens (including phenoxy) is 1. The van der Waals surface area contributed by atoms with Gasteiger partial charge in [0.05, 0.1) is 5.02 Å². The number of hydrogen-bond acceptors (Lipinski definition) is 4. The van der Waals surface area contributed by atoms with Gasteiger partial charge in [0.2, 0.25) is 0 Å². The summed E-state index contributed by atoms with van der Waals surface area (Å²) in [6.45, 7) is 4.01. The largest absolute Gasteiger partial charge is 0.482 e. The maximum absolute atomic E-state index is 12.1. The molecule has 0 saturated carbocycles. The number of carbonyl (C=O) groups excluding carboxylic acids is 1. The highest BCUT2D eigenvalue weighted by Crippen LogP contribution is 2.24. The van der Waals surface area contributed by atoms with E-state index in [0.29, 0.717) is 28.8 Å². The van der Waals surface area contributed by atoms with Crippen molar-refractivity contribution < 1.29 is 13.9 Å². The Kier molecular flexibility index (Phi) is 5.72. The van der Waals surface area contributed by atoms with E-state index in [1.54, 1.807) is 24.3 Å². The van der Waals surface area contributed by atoms with Crippen LogP contribution in [0, 0.1) is 13.8 Å². The number of amides is 1. The zero-order valence-electron chi connectivity index (χ0n) is 16.7. The highest BCUT2D eigenvalue weighted by molar-refractivity contribution is 6.32. The molecule has 0 aliphatic rings. The number of nitrogens with zero attached hydrogens (tertiary/aromatic N) is 1. The molecule has 4 rings (SSSR count). The summed E-state index contributed by atoms with van der Waals surface area (Å²) in [7, 11) is 0. The Morgan fingerprint density at radius 3 is 2.57 bits per heavy atom. The molecule has 30 heavy (non-hydrogen) atoms. The first-order valence-corrected chi connectivity index (χ1v) is 9.98. The lowest BCUT2D eigenvalue weighted by Gasteiger charge is -2.09. The van der Waals surface area contributed by atoms with Crippen molar-refractivity contribution in [3.8, 4) is 5.75 Å². The van der Waals surface area contributed by atoms with Crippen LogP contribution in [0.15, 0.2) is 65.1 Å². The lowest BCUT2D eigenvalue weighted by Crippen LogP contribution is -2.20. The van der Waals surface area contributed by atoms with Gasteiger partial charge >= 0.3 is 0 Å². The molecular formula is C24H21ClN2O3. The number of benzene rings is 3. The maximum Gasteiger partial charge on any atom is 0.262 e. The first kappa shape index (κ1) is 20.0. The van der Waals surface area contributed by atoms with Crippen LogP contribution in [-0.4, -0.2) is 17.5 Å². The normalized spacial score (nSPS) is 10.9. The second-order valence-electron chi connectivity index (χ2n) is 7.15. The van der Waals surface area contributed by atoms with E-state index in [0.717, 1.165) is 16.7 Å². The average molecular weight is 421 g/mol. The molecule has 1 aromatic heterocycles. The van der Waals surface area contributed by atoms with Crippen LogP contribution in [-0.2, 0) is 11.2 Å². The Morgan fingerprint density at radius 2 is 1.80 bits per heavy atom. The minimum atomic E-state index is -0.257. The summed E-state index contributed by atoms with van der Waals surface area (Å²) in [4.78, 5) is 16.7. The van der Waals surface area contributed by atoms with Gasteiger partial charge in [0.15, 0.2) is 18.1 Å². The summed E-state index contributed by atoms with van der Waals surface area (Å²) >= 11 is 6.02. The van der Waals surface area contributed by atoms with E-state index < -0.39 is 0 Å². The summed E-state index contributed by atoms with van der Waals surface area (Å²) in [5.74, 6) is 0.890. The van der Waals surface area contributed by atoms with Crippen LogP contribution in [0.3, 0.4) is 0 Å². The lowest BCUT2D eigenvalue weighted by molar-refractivity contribution is -0.118. The summed E-state index contributed by atoms with van der Waals surface area (Å²) in [5.41, 5.74) is 5.78. The molecule has 0 saturated heterocycles. The maximum atomic E-state index is 12.1. The zero-order chi connectivity index (χ0) is 21.1. The minimum absolute atomic E-state index is 0.118. The quantitative estimate of drug-likeness (QED) is 0.434. The number of para-hydroxylation sites is 1. The predicted octanol–water partition coefficient (Wildman–Crippen LogP) is 5.71. The van der Waals surface area contributed by atoms with Gasteiger partial charge in [-0.25, -0.2) is 4.98 Å². The molecule has 3 aromatic carbocycles. The van der Waals surface area contributed by atoms with Crippen LogP contribution in [0.5, 0.6) is 5.75 Å². The smallest absolute Gasteiger partial charge is 0.262 e. The highest BCUT2D eigenvalue weighted by atomic mass is 35.5. The van der Waals surface area contributed by atoms with Gasteiger partial charge in [0, 0.05) is 12.1 Å². The molecule has 0 bridgehead atoms. The number of aryl methyl sites for hydroxylation is 2. The molecule has 1 amide bonds. The number of anilines is 1. The molecule has 0 unspecified atom stereocenters. The van der Waals surface area contributed by atoms with E-state index in [-0.39, 0.29) is 12.5 Å². The number of aromatic nitrogens is 1. The Balaban J connectivity index is 1.36. The molecule has 0 aliphatic carbocycles. The summed E-state index contributed by atoms with van der Waals surface area (Å²) < 4.78 is 11.3. The molecule has 5 nitrogen and oxygen atoms in total. The number of oxazole rings is 1. The van der Waals surface area contributed by atoms with Crippen molar-refractivity contribution in [3.63, 3.8) is 0 Å². The van der Waals surface area contributed by atoms with E-state index in [1.165, 1.54) is 11.1 Å². The Labute approximate surface area is 179 Å². The van der Waals surface area contributed by atoms with Gasteiger partial charge in [-0.1, -0.05) is 35.9 Å². The third-order valence-electron chi connectivity index (χ3n) is 4.84. The predicted molar refractivity (Wildman–Crippen MR) is 118 cm³/mol. The molecule has 6 heteroatoms. The van der Waals surface area contributed by atoms with E-state index >= 15 is 0 Å². The van der Waals surface area contributed by atoms with Crippen molar-refractivity contribution in [2.75, 3.05) is 11.9 Å². The number of hydrogen-bond donors (Lipinski definition) is 1. The molecule has 0 spiro atoms. The molecule has 4 aromatic rings. The number of halogens is 1. The fraction of sp³-hybridized carbons (Fsp3) is 0.167. The average Bonchev–Trinajstić information content (AvgIpc) is 3.10. The Morgan fingerprint density at radius 1 is 1.07 bits per heavy atom. The molecule has 152 valence electrons. The fourth-order valence-corrected chi connectivity index (χ4v) is 3.28. The fourth-order valence-electron chi connectivity index (χ4n) is 3.09. The molecule has 1 N–H and O–H groups in total. The van der Waals surface area contributed by atoms with Crippen molar-refractivity contribution in [2.45, 2.75) is 20.3 Å². The topological polar surface area (TPSA) is 64.4 Å². The van der Waals surface area contributed by atoms with Crippen LogP contribution < -0.4 is 10.1 Å². The van der Waals surface area contributed by atoms with Crippen LogP contribution in [0.25, 0.3) is 11.1 Å². The van der Waals surface area contributed by atoms with E-state index in [9.17, 15) is 4.79 Å². The van der Waals surface area contributed by atoms with Crippen molar-refractivity contribution in [1.29, 1.82) is 0 Å². The zero-order valence-corrected chi connectivity index (χ0v) is 17.5. The SMILES string of the molecule is Cc1cc2nc(Cc3ccc(NC(=O)COc4ccccc4Cl)cc3)oc2cc1C. The van der Waals surface area contributed by atoms with Gasteiger partial charge in [0.1, 0.15) is 11.3 Å². The molecule has 0 fully saturated rings. The van der Waals surface area contributed by atoms with Crippen LogP contribution in [0.2, 0.25) is 5.02 Å². The molecule has 0 atom stereocenters. The monoisotopic (exact) mass is 420 g/mol. The highest BCUT2D eigenvalue weighted by Gasteiger charge is 2.10. The van der Waals surface area contributed by atoms with E-state index in [1.807, 2.05) is 36.4 Å². The van der Waals surface area contributed by atoms with Crippen LogP contribution >= 0.6 is 11.6 Å². The number of carbonyl (C=O) groups is 1. The van der Waals surface area contributed by atoms with Gasteiger partial charge in [-0.3, -0.25) is 4.79 Å².